The third-order valence-electron chi connectivity index (χ3n) is 2.93. The Hall–Kier alpha value is -0.610. The summed E-state index contributed by atoms with van der Waals surface area (Å²) in [6.07, 6.45) is 5.72. The third-order valence-corrected chi connectivity index (χ3v) is 2.93. The van der Waals surface area contributed by atoms with Gasteiger partial charge in [-0.1, -0.05) is 32.6 Å². The Bertz CT molecular complexity index is 194. The molecule has 0 aromatic carbocycles. The quantitative estimate of drug-likeness (QED) is 0.457. The Morgan fingerprint density at radius 3 is 2.06 bits per heavy atom. The number of ether oxygens (including phenoxy) is 1. The van der Waals surface area contributed by atoms with Crippen molar-refractivity contribution >= 4 is 5.97 Å². The number of hydrogen-bond donors (Lipinski definition) is 2. The van der Waals surface area contributed by atoms with Gasteiger partial charge in [-0.3, -0.25) is 4.79 Å². The van der Waals surface area contributed by atoms with Crippen LogP contribution in [0.25, 0.3) is 0 Å². The van der Waals surface area contributed by atoms with Gasteiger partial charge >= 0.3 is 5.97 Å². The predicted octanol–water partition coefficient (Wildman–Crippen LogP) is 2.02. The van der Waals surface area contributed by atoms with Crippen molar-refractivity contribution < 1.29 is 19.7 Å². The van der Waals surface area contributed by atoms with Crippen LogP contribution in [0.15, 0.2) is 0 Å². The number of hydrogen-bond acceptors (Lipinski definition) is 4. The Labute approximate surface area is 104 Å². The summed E-state index contributed by atoms with van der Waals surface area (Å²) < 4.78 is 4.48. The Balaban J connectivity index is 3.30. The number of aliphatic hydroxyl groups excluding tert-OH is 2. The zero-order chi connectivity index (χ0) is 13.1. The predicted molar refractivity (Wildman–Crippen MR) is 66.6 cm³/mol. The number of carbonyl (C=O) groups is 1. The number of unbranched alkanes of at least 4 members (excludes halogenated alkanes) is 3. The molecule has 0 fully saturated rings. The molecule has 2 atom stereocenters. The van der Waals surface area contributed by atoms with Crippen LogP contribution in [-0.2, 0) is 9.53 Å². The van der Waals surface area contributed by atoms with E-state index in [4.69, 9.17) is 0 Å². The van der Waals surface area contributed by atoms with E-state index < -0.39 is 6.10 Å². The Morgan fingerprint density at radius 1 is 1.06 bits per heavy atom. The van der Waals surface area contributed by atoms with E-state index in [1.54, 1.807) is 0 Å². The lowest BCUT2D eigenvalue weighted by Crippen LogP contribution is -2.14. The highest BCUT2D eigenvalue weighted by atomic mass is 16.5. The van der Waals surface area contributed by atoms with Crippen molar-refractivity contribution in [3.8, 4) is 0 Å². The van der Waals surface area contributed by atoms with E-state index >= 15 is 0 Å². The van der Waals surface area contributed by atoms with Crippen LogP contribution in [0.5, 0.6) is 0 Å². The fourth-order valence-electron chi connectivity index (χ4n) is 1.70. The molecule has 0 aliphatic rings. The molecule has 0 rings (SSSR count). The van der Waals surface area contributed by atoms with E-state index in [0.29, 0.717) is 6.42 Å². The van der Waals surface area contributed by atoms with Crippen molar-refractivity contribution in [3.05, 3.63) is 0 Å². The highest BCUT2D eigenvalue weighted by Gasteiger charge is 2.10. The van der Waals surface area contributed by atoms with Crippen LogP contribution < -0.4 is 0 Å². The van der Waals surface area contributed by atoms with E-state index in [0.717, 1.165) is 38.5 Å². The summed E-state index contributed by atoms with van der Waals surface area (Å²) in [5.41, 5.74) is 0. The van der Waals surface area contributed by atoms with E-state index in [-0.39, 0.29) is 18.5 Å². The molecule has 0 amide bonds. The minimum Gasteiger partial charge on any atom is -0.469 e. The summed E-state index contributed by atoms with van der Waals surface area (Å²) in [5, 5.41) is 18.8. The molecule has 0 radical (unpaired) electrons. The van der Waals surface area contributed by atoms with Crippen molar-refractivity contribution in [1.82, 2.24) is 0 Å². The van der Waals surface area contributed by atoms with Gasteiger partial charge in [0.2, 0.25) is 0 Å². The van der Waals surface area contributed by atoms with E-state index in [9.17, 15) is 15.0 Å². The number of methoxy groups -OCH3 is 1. The number of carbonyl (C=O) groups excluding carboxylic acids is 1. The first-order valence-electron chi connectivity index (χ1n) is 6.53. The molecule has 4 nitrogen and oxygen atoms in total. The van der Waals surface area contributed by atoms with Crippen molar-refractivity contribution in [1.29, 1.82) is 0 Å². The monoisotopic (exact) mass is 246 g/mol. The van der Waals surface area contributed by atoms with E-state index in [1.807, 2.05) is 6.92 Å². The Morgan fingerprint density at radius 2 is 1.59 bits per heavy atom. The zero-order valence-electron chi connectivity index (χ0n) is 11.0. The van der Waals surface area contributed by atoms with Gasteiger partial charge < -0.3 is 14.9 Å². The van der Waals surface area contributed by atoms with Gasteiger partial charge in [-0.15, -0.1) is 0 Å². The summed E-state index contributed by atoms with van der Waals surface area (Å²) in [7, 11) is 1.33. The summed E-state index contributed by atoms with van der Waals surface area (Å²) in [5.74, 6) is -0.358. The van der Waals surface area contributed by atoms with Gasteiger partial charge in [0.05, 0.1) is 25.7 Å². The van der Waals surface area contributed by atoms with Crippen LogP contribution in [0, 0.1) is 0 Å². The first-order chi connectivity index (χ1) is 8.10. The highest BCUT2D eigenvalue weighted by molar-refractivity contribution is 5.69. The van der Waals surface area contributed by atoms with Gasteiger partial charge in [0.1, 0.15) is 0 Å². The highest BCUT2D eigenvalue weighted by Crippen LogP contribution is 2.11. The molecule has 0 bridgehead atoms. The molecular weight excluding hydrogens is 220 g/mol. The minimum atomic E-state index is -0.580. The van der Waals surface area contributed by atoms with Crippen molar-refractivity contribution in [2.24, 2.45) is 0 Å². The lowest BCUT2D eigenvalue weighted by molar-refractivity contribution is -0.142. The lowest BCUT2D eigenvalue weighted by Gasteiger charge is -2.09. The molecule has 0 heterocycles. The zero-order valence-corrected chi connectivity index (χ0v) is 11.0. The molecule has 0 aliphatic carbocycles. The molecular formula is C13H26O4. The van der Waals surface area contributed by atoms with E-state index in [2.05, 4.69) is 4.74 Å². The number of esters is 1. The molecule has 2 N–H and O–H groups in total. The molecule has 4 heteroatoms. The van der Waals surface area contributed by atoms with Crippen molar-refractivity contribution in [2.45, 2.75) is 70.5 Å². The second kappa shape index (κ2) is 10.5. The fourth-order valence-corrected chi connectivity index (χ4v) is 1.70. The van der Waals surface area contributed by atoms with Crippen LogP contribution in [0.4, 0.5) is 0 Å². The standard InChI is InChI=1S/C13H26O4/c1-3-11(14)8-6-4-5-7-9-12(15)10-13(16)17-2/h11-12,14-15H,3-10H2,1-2H3. The van der Waals surface area contributed by atoms with Gasteiger partial charge in [-0.05, 0) is 19.3 Å². The van der Waals surface area contributed by atoms with Crippen LogP contribution in [0.2, 0.25) is 0 Å². The van der Waals surface area contributed by atoms with Gasteiger partial charge in [0.25, 0.3) is 0 Å². The second-order valence-electron chi connectivity index (χ2n) is 4.49. The largest absolute Gasteiger partial charge is 0.469 e. The molecule has 102 valence electrons. The summed E-state index contributed by atoms with van der Waals surface area (Å²) >= 11 is 0. The van der Waals surface area contributed by atoms with Gasteiger partial charge in [-0.25, -0.2) is 0 Å². The Kier molecular flexibility index (Phi) is 10.2. The maximum atomic E-state index is 10.9. The van der Waals surface area contributed by atoms with Crippen molar-refractivity contribution in [2.75, 3.05) is 7.11 Å². The van der Waals surface area contributed by atoms with Gasteiger partial charge in [0.15, 0.2) is 0 Å². The van der Waals surface area contributed by atoms with Crippen molar-refractivity contribution in [3.63, 3.8) is 0 Å². The smallest absolute Gasteiger partial charge is 0.308 e. The normalized spacial score (nSPS) is 14.4. The first-order valence-corrected chi connectivity index (χ1v) is 6.53. The molecule has 0 spiro atoms. The van der Waals surface area contributed by atoms with Gasteiger partial charge in [-0.2, -0.15) is 0 Å². The number of aliphatic hydroxyl groups is 2. The van der Waals surface area contributed by atoms with Crippen LogP contribution in [0.1, 0.15) is 58.3 Å². The molecule has 0 aromatic heterocycles. The maximum Gasteiger partial charge on any atom is 0.308 e. The number of rotatable bonds is 10. The molecule has 0 aromatic rings. The van der Waals surface area contributed by atoms with Gasteiger partial charge in [0, 0.05) is 0 Å². The third kappa shape index (κ3) is 10.3. The molecule has 0 aliphatic heterocycles. The first kappa shape index (κ1) is 16.4. The van der Waals surface area contributed by atoms with Crippen LogP contribution in [-0.4, -0.2) is 35.5 Å². The minimum absolute atomic E-state index is 0.0883. The molecule has 0 saturated heterocycles. The maximum absolute atomic E-state index is 10.9. The molecule has 17 heavy (non-hydrogen) atoms. The fraction of sp³-hybridized carbons (Fsp3) is 0.923. The summed E-state index contributed by atoms with van der Waals surface area (Å²) in [4.78, 5) is 10.9. The summed E-state index contributed by atoms with van der Waals surface area (Å²) in [6.45, 7) is 1.98. The average molecular weight is 246 g/mol. The average Bonchev–Trinajstić information content (AvgIpc) is 2.32. The topological polar surface area (TPSA) is 66.8 Å². The lowest BCUT2D eigenvalue weighted by atomic mass is 10.0. The van der Waals surface area contributed by atoms with E-state index in [1.165, 1.54) is 7.11 Å². The SMILES string of the molecule is CCC(O)CCCCCCC(O)CC(=O)OC. The molecule has 2 unspecified atom stereocenters. The van der Waals surface area contributed by atoms with Crippen LogP contribution in [0.3, 0.4) is 0 Å². The summed E-state index contributed by atoms with van der Waals surface area (Å²) in [6, 6.07) is 0. The molecule has 0 saturated carbocycles. The second-order valence-corrected chi connectivity index (χ2v) is 4.49. The van der Waals surface area contributed by atoms with Crippen LogP contribution >= 0.6 is 0 Å².